The zero-order valence-corrected chi connectivity index (χ0v) is 24.1. The molecule has 0 heterocycles. The Hall–Kier alpha value is -2.53. The molecule has 0 spiro atoms. The summed E-state index contributed by atoms with van der Waals surface area (Å²) < 4.78 is 13.3. The van der Waals surface area contributed by atoms with Crippen molar-refractivity contribution in [2.75, 3.05) is 41.8 Å². The molecule has 0 bridgehead atoms. The molecule has 0 radical (unpaired) electrons. The zero-order valence-electron chi connectivity index (χ0n) is 21.7. The molecule has 2 aromatic carbocycles. The summed E-state index contributed by atoms with van der Waals surface area (Å²) in [6.07, 6.45) is 2.36. The van der Waals surface area contributed by atoms with Gasteiger partial charge < -0.3 is 26.4 Å². The molecule has 214 valence electrons. The van der Waals surface area contributed by atoms with Gasteiger partial charge in [-0.15, -0.1) is 23.2 Å². The van der Waals surface area contributed by atoms with Gasteiger partial charge in [-0.2, -0.15) is 11.8 Å². The maximum Gasteiger partial charge on any atom is 0.326 e. The van der Waals surface area contributed by atoms with E-state index in [1.54, 1.807) is 11.8 Å². The Labute approximate surface area is 242 Å². The Kier molecular flexibility index (Phi) is 14.4. The van der Waals surface area contributed by atoms with Crippen LogP contribution in [-0.4, -0.2) is 77.9 Å². The molecular formula is C27H35Cl2FN4O4S. The molecule has 0 aliphatic carbocycles. The van der Waals surface area contributed by atoms with Gasteiger partial charge >= 0.3 is 5.97 Å². The van der Waals surface area contributed by atoms with Gasteiger partial charge in [0.2, 0.25) is 11.8 Å². The summed E-state index contributed by atoms with van der Waals surface area (Å²) >= 11 is 13.4. The number of nitrogens with zero attached hydrogens (tertiary/aromatic N) is 1. The van der Waals surface area contributed by atoms with E-state index in [9.17, 15) is 23.9 Å². The fourth-order valence-electron chi connectivity index (χ4n) is 3.88. The van der Waals surface area contributed by atoms with E-state index < -0.39 is 41.7 Å². The first-order chi connectivity index (χ1) is 18.7. The number of carboxylic acid groups (broad SMARTS) is 1. The van der Waals surface area contributed by atoms with E-state index in [0.717, 1.165) is 11.3 Å². The van der Waals surface area contributed by atoms with Crippen LogP contribution in [0.1, 0.15) is 17.5 Å². The third-order valence-corrected chi connectivity index (χ3v) is 6.98. The summed E-state index contributed by atoms with van der Waals surface area (Å²) in [6, 6.07) is 9.59. The van der Waals surface area contributed by atoms with Crippen molar-refractivity contribution in [3.8, 4) is 0 Å². The Morgan fingerprint density at radius 2 is 1.59 bits per heavy atom. The Morgan fingerprint density at radius 1 is 0.974 bits per heavy atom. The van der Waals surface area contributed by atoms with Gasteiger partial charge in [0, 0.05) is 43.4 Å². The average molecular weight is 602 g/mol. The van der Waals surface area contributed by atoms with Crippen LogP contribution in [0.15, 0.2) is 48.5 Å². The number of nitrogens with two attached hydrogens (primary N) is 1. The van der Waals surface area contributed by atoms with Crippen molar-refractivity contribution < 1.29 is 23.9 Å². The van der Waals surface area contributed by atoms with Crippen molar-refractivity contribution in [2.45, 2.75) is 37.4 Å². The largest absolute Gasteiger partial charge is 0.480 e. The topological polar surface area (TPSA) is 125 Å². The summed E-state index contributed by atoms with van der Waals surface area (Å²) in [5, 5.41) is 15.0. The monoisotopic (exact) mass is 600 g/mol. The Balaban J connectivity index is 2.27. The molecule has 0 saturated heterocycles. The number of alkyl halides is 2. The number of aliphatic carboxylic acids is 1. The number of carboxylic acids is 1. The number of carbonyl (C=O) groups excluding carboxylic acids is 2. The van der Waals surface area contributed by atoms with Crippen LogP contribution in [0.4, 0.5) is 10.1 Å². The highest BCUT2D eigenvalue weighted by Gasteiger charge is 2.28. The van der Waals surface area contributed by atoms with Crippen LogP contribution in [0.3, 0.4) is 0 Å². The van der Waals surface area contributed by atoms with E-state index in [1.807, 2.05) is 35.4 Å². The maximum atomic E-state index is 13.4. The second-order valence-electron chi connectivity index (χ2n) is 8.92. The predicted molar refractivity (Wildman–Crippen MR) is 156 cm³/mol. The first-order valence-electron chi connectivity index (χ1n) is 12.5. The number of amides is 2. The van der Waals surface area contributed by atoms with Gasteiger partial charge in [-0.3, -0.25) is 9.59 Å². The van der Waals surface area contributed by atoms with Gasteiger partial charge in [0.25, 0.3) is 0 Å². The van der Waals surface area contributed by atoms with Gasteiger partial charge in [-0.1, -0.05) is 24.3 Å². The molecule has 12 heteroatoms. The Morgan fingerprint density at radius 3 is 2.18 bits per heavy atom. The van der Waals surface area contributed by atoms with Crippen molar-refractivity contribution >= 4 is 58.4 Å². The number of carbonyl (C=O) groups is 3. The van der Waals surface area contributed by atoms with Crippen LogP contribution in [0.2, 0.25) is 0 Å². The molecule has 39 heavy (non-hydrogen) atoms. The van der Waals surface area contributed by atoms with Gasteiger partial charge in [0.15, 0.2) is 0 Å². The highest BCUT2D eigenvalue weighted by Crippen LogP contribution is 2.18. The number of thioether (sulfide) groups is 1. The first kappa shape index (κ1) is 32.7. The molecule has 0 aliphatic rings. The number of anilines is 1. The lowest BCUT2D eigenvalue weighted by molar-refractivity contribution is -0.142. The maximum absolute atomic E-state index is 13.4. The SMILES string of the molecule is CSCC[C@H](N)C(=O)N[C@@H](Cc1cccc(N(CCCl)CCCl)c1)C(=O)N[C@@H](Cc1ccc(F)cc1)C(=O)O. The smallest absolute Gasteiger partial charge is 0.326 e. The number of halogens is 3. The van der Waals surface area contributed by atoms with E-state index in [4.69, 9.17) is 28.9 Å². The minimum atomic E-state index is -1.29. The van der Waals surface area contributed by atoms with Crippen LogP contribution in [-0.2, 0) is 27.2 Å². The molecule has 0 fully saturated rings. The van der Waals surface area contributed by atoms with Crippen LogP contribution in [0, 0.1) is 5.82 Å². The third kappa shape index (κ3) is 11.2. The quantitative estimate of drug-likeness (QED) is 0.206. The summed E-state index contributed by atoms with van der Waals surface area (Å²) in [5.74, 6) is -1.40. The molecule has 0 aliphatic heterocycles. The van der Waals surface area contributed by atoms with Crippen molar-refractivity contribution in [3.05, 3.63) is 65.5 Å². The highest BCUT2D eigenvalue weighted by molar-refractivity contribution is 7.98. The van der Waals surface area contributed by atoms with Crippen LogP contribution in [0.5, 0.6) is 0 Å². The summed E-state index contributed by atoms with van der Waals surface area (Å²) in [5.41, 5.74) is 8.16. The van der Waals surface area contributed by atoms with Crippen molar-refractivity contribution in [3.63, 3.8) is 0 Å². The van der Waals surface area contributed by atoms with Crippen molar-refractivity contribution in [1.29, 1.82) is 0 Å². The number of hydrogen-bond donors (Lipinski definition) is 4. The molecule has 0 saturated carbocycles. The number of hydrogen-bond acceptors (Lipinski definition) is 6. The predicted octanol–water partition coefficient (Wildman–Crippen LogP) is 3.03. The van der Waals surface area contributed by atoms with Crippen molar-refractivity contribution in [2.24, 2.45) is 5.73 Å². The van der Waals surface area contributed by atoms with E-state index in [1.165, 1.54) is 24.3 Å². The molecule has 2 rings (SSSR count). The summed E-state index contributed by atoms with van der Waals surface area (Å²) in [4.78, 5) is 40.2. The van der Waals surface area contributed by atoms with Crippen LogP contribution >= 0.6 is 35.0 Å². The van der Waals surface area contributed by atoms with Gasteiger partial charge in [0.1, 0.15) is 17.9 Å². The second-order valence-corrected chi connectivity index (χ2v) is 10.7. The lowest BCUT2D eigenvalue weighted by atomic mass is 10.0. The molecular weight excluding hydrogens is 566 g/mol. The van der Waals surface area contributed by atoms with Gasteiger partial charge in [-0.05, 0) is 53.8 Å². The number of benzene rings is 2. The molecule has 2 amide bonds. The third-order valence-electron chi connectivity index (χ3n) is 5.99. The summed E-state index contributed by atoms with van der Waals surface area (Å²) in [6.45, 7) is 1.15. The summed E-state index contributed by atoms with van der Waals surface area (Å²) in [7, 11) is 0. The van der Waals surface area contributed by atoms with E-state index in [-0.39, 0.29) is 12.8 Å². The molecule has 3 atom stereocenters. The highest BCUT2D eigenvalue weighted by atomic mass is 35.5. The minimum absolute atomic E-state index is 0.0590. The van der Waals surface area contributed by atoms with E-state index in [0.29, 0.717) is 42.6 Å². The number of rotatable bonds is 17. The fraction of sp³-hybridized carbons (Fsp3) is 0.444. The zero-order chi connectivity index (χ0) is 28.8. The Bertz CT molecular complexity index is 1070. The van der Waals surface area contributed by atoms with Gasteiger partial charge in [0.05, 0.1) is 6.04 Å². The molecule has 0 unspecified atom stereocenters. The molecule has 5 N–H and O–H groups in total. The fourth-order valence-corrected chi connectivity index (χ4v) is 4.78. The number of nitrogens with one attached hydrogen (secondary N) is 2. The second kappa shape index (κ2) is 17.2. The molecule has 2 aromatic rings. The lowest BCUT2D eigenvalue weighted by Crippen LogP contribution is -2.55. The standard InChI is InChI=1S/C27H35Cl2FN4O4S/c1-39-14-9-22(31)25(35)32-23(17-19-3-2-4-21(15-19)34(12-10-28)13-11-29)26(36)33-24(27(37)38)16-18-5-7-20(30)8-6-18/h2-8,15,22-24H,9-14,16-17,31H2,1H3,(H,32,35)(H,33,36)(H,37,38)/t22-,23-,24-/m0/s1. The normalized spacial score (nSPS) is 13.3. The first-order valence-corrected chi connectivity index (χ1v) is 14.9. The molecule has 8 nitrogen and oxygen atoms in total. The minimum Gasteiger partial charge on any atom is -0.480 e. The van der Waals surface area contributed by atoms with Gasteiger partial charge in [-0.25, -0.2) is 9.18 Å². The van der Waals surface area contributed by atoms with E-state index >= 15 is 0 Å². The molecule has 0 aromatic heterocycles. The van der Waals surface area contributed by atoms with E-state index in [2.05, 4.69) is 10.6 Å². The lowest BCUT2D eigenvalue weighted by Gasteiger charge is -2.25. The average Bonchev–Trinajstić information content (AvgIpc) is 2.92. The van der Waals surface area contributed by atoms with Crippen LogP contribution in [0.25, 0.3) is 0 Å². The van der Waals surface area contributed by atoms with Crippen molar-refractivity contribution in [1.82, 2.24) is 10.6 Å². The van der Waals surface area contributed by atoms with Crippen LogP contribution < -0.4 is 21.3 Å².